The van der Waals surface area contributed by atoms with Gasteiger partial charge >= 0.3 is 0 Å². The van der Waals surface area contributed by atoms with Gasteiger partial charge in [-0.25, -0.2) is 39.9 Å². The van der Waals surface area contributed by atoms with Crippen LogP contribution in [0, 0.1) is 0 Å². The number of rotatable bonds is 12. The highest BCUT2D eigenvalue weighted by Crippen LogP contribution is 2.46. The minimum atomic E-state index is 0.719. The van der Waals surface area contributed by atoms with Gasteiger partial charge < -0.3 is 17.7 Å². The second-order valence-corrected chi connectivity index (χ2v) is 35.7. The lowest BCUT2D eigenvalue weighted by atomic mass is 9.97. The first-order chi connectivity index (χ1) is 71.4. The van der Waals surface area contributed by atoms with Crippen molar-refractivity contribution >= 4 is 142 Å². The fourth-order valence-electron chi connectivity index (χ4n) is 20.1. The highest BCUT2D eigenvalue weighted by molar-refractivity contribution is 6.16. The third kappa shape index (κ3) is 15.8. The zero-order valence-electron chi connectivity index (χ0n) is 77.6. The molecule has 12 heteroatoms. The van der Waals surface area contributed by atoms with E-state index in [-0.39, 0.29) is 0 Å². The van der Waals surface area contributed by atoms with Crippen molar-refractivity contribution in [3.8, 4) is 135 Å². The lowest BCUT2D eigenvalue weighted by Gasteiger charge is -2.13. The van der Waals surface area contributed by atoms with Crippen molar-refractivity contribution < 1.29 is 17.7 Å². The van der Waals surface area contributed by atoms with E-state index in [4.69, 9.17) is 57.5 Å². The van der Waals surface area contributed by atoms with Gasteiger partial charge in [-0.2, -0.15) is 0 Å². The van der Waals surface area contributed by atoms with Crippen molar-refractivity contribution in [2.75, 3.05) is 0 Å². The molecule has 0 unspecified atom stereocenters. The van der Waals surface area contributed by atoms with Gasteiger partial charge in [0.05, 0.1) is 67.3 Å². The highest BCUT2D eigenvalue weighted by atomic mass is 16.3. The summed E-state index contributed by atoms with van der Waals surface area (Å²) in [4.78, 5) is 40.8. The molecule has 21 aromatic carbocycles. The summed E-state index contributed by atoms with van der Waals surface area (Å²) in [6, 6.07) is 170. The number of benzene rings is 21. The smallest absolute Gasteiger partial charge is 0.160 e. The number of hydrogen-bond donors (Lipinski definition) is 0. The van der Waals surface area contributed by atoms with Gasteiger partial charge in [0, 0.05) is 126 Å². The van der Waals surface area contributed by atoms with E-state index in [1.165, 1.54) is 0 Å². The number of fused-ring (bicyclic) bond motifs is 18. The molecule has 0 N–H and O–H groups in total. The van der Waals surface area contributed by atoms with Gasteiger partial charge in [0.2, 0.25) is 0 Å². The lowest BCUT2D eigenvalue weighted by Crippen LogP contribution is -1.97. The summed E-state index contributed by atoms with van der Waals surface area (Å²) in [5, 5.41) is 13.3. The van der Waals surface area contributed by atoms with E-state index in [2.05, 4.69) is 273 Å². The van der Waals surface area contributed by atoms with Crippen LogP contribution in [0.3, 0.4) is 0 Å². The molecule has 12 nitrogen and oxygen atoms in total. The molecular formula is C132H82N8O4. The number of hydrogen-bond acceptors (Lipinski definition) is 12. The van der Waals surface area contributed by atoms with Gasteiger partial charge in [0.25, 0.3) is 0 Å². The molecule has 0 saturated carbocycles. The van der Waals surface area contributed by atoms with Gasteiger partial charge in [-0.1, -0.05) is 431 Å². The number of aromatic nitrogens is 8. The summed E-state index contributed by atoms with van der Waals surface area (Å²) >= 11 is 0. The molecule has 674 valence electrons. The van der Waals surface area contributed by atoms with Crippen LogP contribution in [-0.4, -0.2) is 39.9 Å². The topological polar surface area (TPSA) is 156 Å². The zero-order chi connectivity index (χ0) is 95.3. The van der Waals surface area contributed by atoms with Gasteiger partial charge in [0.1, 0.15) is 44.7 Å². The molecule has 0 aliphatic heterocycles. The monoisotopic (exact) mass is 1840 g/mol. The van der Waals surface area contributed by atoms with Gasteiger partial charge in [-0.15, -0.1) is 0 Å². The molecule has 8 aromatic heterocycles. The summed E-state index contributed by atoms with van der Waals surface area (Å²) in [6.45, 7) is 0. The van der Waals surface area contributed by atoms with E-state index in [9.17, 15) is 0 Å². The minimum Gasteiger partial charge on any atom is -0.456 e. The Morgan fingerprint density at radius 1 is 0.139 bits per heavy atom. The molecule has 0 spiro atoms. The molecule has 0 radical (unpaired) electrons. The summed E-state index contributed by atoms with van der Waals surface area (Å²) < 4.78 is 25.1. The highest BCUT2D eigenvalue weighted by Gasteiger charge is 2.25. The molecule has 0 bridgehead atoms. The van der Waals surface area contributed by atoms with Crippen molar-refractivity contribution in [2.45, 2.75) is 0 Å². The van der Waals surface area contributed by atoms with Crippen LogP contribution in [0.4, 0.5) is 0 Å². The Morgan fingerprint density at radius 2 is 0.472 bits per heavy atom. The van der Waals surface area contributed by atoms with E-state index in [1.54, 1.807) is 0 Å². The first-order valence-corrected chi connectivity index (χ1v) is 48.2. The Kier molecular flexibility index (Phi) is 21.7. The third-order valence-electron chi connectivity index (χ3n) is 26.9. The van der Waals surface area contributed by atoms with Crippen molar-refractivity contribution in [3.05, 3.63) is 497 Å². The average Bonchev–Trinajstić information content (AvgIpc) is 1.50. The Bertz CT molecular complexity index is 9960. The molecule has 29 aromatic rings. The summed E-state index contributed by atoms with van der Waals surface area (Å²) in [7, 11) is 0. The fourth-order valence-corrected chi connectivity index (χ4v) is 20.1. The van der Waals surface area contributed by atoms with Crippen LogP contribution in [0.2, 0.25) is 0 Å². The van der Waals surface area contributed by atoms with Crippen LogP contribution in [0.15, 0.2) is 515 Å². The Hall–Kier alpha value is -19.6. The number of para-hydroxylation sites is 8. The first kappa shape index (κ1) is 84.9. The van der Waals surface area contributed by atoms with E-state index in [0.29, 0.717) is 0 Å². The molecule has 0 saturated heterocycles. The van der Waals surface area contributed by atoms with Crippen LogP contribution in [0.5, 0.6) is 0 Å². The maximum atomic E-state index is 6.35. The van der Waals surface area contributed by atoms with Gasteiger partial charge in [-0.3, -0.25) is 0 Å². The van der Waals surface area contributed by atoms with Crippen LogP contribution in [-0.2, 0) is 0 Å². The molecule has 0 atom stereocenters. The summed E-state index contributed by atoms with van der Waals surface area (Å²) in [6.07, 6.45) is 0. The van der Waals surface area contributed by atoms with Crippen LogP contribution < -0.4 is 0 Å². The van der Waals surface area contributed by atoms with E-state index < -0.39 is 0 Å². The van der Waals surface area contributed by atoms with Crippen LogP contribution in [0.25, 0.3) is 277 Å². The van der Waals surface area contributed by atoms with Crippen molar-refractivity contribution in [3.63, 3.8) is 0 Å². The number of nitrogens with zero attached hydrogens (tertiary/aromatic N) is 8. The average molecular weight is 1840 g/mol. The van der Waals surface area contributed by atoms with Crippen molar-refractivity contribution in [2.24, 2.45) is 0 Å². The third-order valence-corrected chi connectivity index (χ3v) is 26.9. The molecule has 144 heavy (non-hydrogen) atoms. The number of furan rings is 4. The lowest BCUT2D eigenvalue weighted by molar-refractivity contribution is 0.669. The van der Waals surface area contributed by atoms with E-state index in [1.807, 2.05) is 224 Å². The standard InChI is InChI=1S/C36H22N2O.3C32H20N2O/c1-2-10-25(11-3-1)35-34(37-30-22-21-23-9-4-5-12-28(23)36(30)38-35)26-19-17-24(18-20-26)27-14-8-16-32-33(27)29-13-6-7-15-31(29)39-32;1-3-11-21(12-4-1)29-30(22-13-5-2-6-14-22)34-31-24(16-10-19-27(31)33-29)26-18-9-17-25-23-15-7-8-20-28(23)35-32(25)26;1-3-10-21(11-4-1)30-27-20-23(18-19-28(27)33-32(34-30)22-12-5-2-6-13-22)24-15-9-16-26-25-14-7-8-17-29(25)35-31(24)26;1-3-10-21(11-4-1)30-27-19-18-23(20-28(27)33-32(34-30)22-12-5-2-6-13-22)24-15-9-16-26-25-14-7-8-17-29(25)35-31(24)26/h1-22H;3*1-20H. The second kappa shape index (κ2) is 36.7. The van der Waals surface area contributed by atoms with Crippen molar-refractivity contribution in [1.29, 1.82) is 0 Å². The maximum Gasteiger partial charge on any atom is 0.160 e. The Labute approximate surface area is 826 Å². The second-order valence-electron chi connectivity index (χ2n) is 35.7. The summed E-state index contributed by atoms with van der Waals surface area (Å²) in [5.41, 5.74) is 34.8. The van der Waals surface area contributed by atoms with Gasteiger partial charge in [0.15, 0.2) is 11.6 Å². The quantitative estimate of drug-likeness (QED) is 0.107. The molecular weight excluding hydrogens is 1760 g/mol. The fraction of sp³-hybridized carbons (Fsp3) is 0. The molecule has 0 amide bonds. The van der Waals surface area contributed by atoms with E-state index in [0.717, 1.165) is 277 Å². The largest absolute Gasteiger partial charge is 0.456 e. The Morgan fingerprint density at radius 3 is 0.993 bits per heavy atom. The van der Waals surface area contributed by atoms with Gasteiger partial charge in [-0.05, 0) is 94.4 Å². The molecule has 0 aliphatic carbocycles. The summed E-state index contributed by atoms with van der Waals surface area (Å²) in [5.74, 6) is 1.44. The molecule has 0 aliphatic rings. The molecule has 8 heterocycles. The van der Waals surface area contributed by atoms with Crippen molar-refractivity contribution in [1.82, 2.24) is 39.9 Å². The predicted octanol–water partition coefficient (Wildman–Crippen LogP) is 35.3. The Balaban J connectivity index is 0.0000000981. The predicted molar refractivity (Wildman–Crippen MR) is 590 cm³/mol. The normalized spacial score (nSPS) is 11.5. The van der Waals surface area contributed by atoms with Crippen LogP contribution in [0.1, 0.15) is 0 Å². The minimum absolute atomic E-state index is 0.719. The molecule has 0 fully saturated rings. The zero-order valence-corrected chi connectivity index (χ0v) is 77.6. The van der Waals surface area contributed by atoms with E-state index >= 15 is 0 Å². The molecule has 29 rings (SSSR count). The SMILES string of the molecule is c1ccc(-c2nc(-c3ccccc3)c3cc(-c4cccc5c4oc4ccccc45)ccc3n2)cc1.c1ccc(-c2nc(-c3ccccc3)c3ccc(-c4cccc5c4oc4ccccc45)cc3n2)cc1.c1ccc(-c2nc3c(ccc4ccccc43)nc2-c2ccc(-c3cccc4oc5ccccc5c34)cc2)cc1.c1ccc(-c2nc3cccc(-c4cccc5c4oc4ccccc45)c3nc2-c2ccccc2)cc1. The maximum absolute atomic E-state index is 6.35. The first-order valence-electron chi connectivity index (χ1n) is 48.2. The van der Waals surface area contributed by atoms with Crippen LogP contribution >= 0.6 is 0 Å².